The van der Waals surface area contributed by atoms with Gasteiger partial charge in [0.1, 0.15) is 10.6 Å². The van der Waals surface area contributed by atoms with E-state index >= 15 is 0 Å². The first kappa shape index (κ1) is 22.1. The number of hydrogen-bond donors (Lipinski definition) is 0. The second-order valence-corrected chi connectivity index (χ2v) is 9.86. The minimum Gasteiger partial charge on any atom is -0.496 e. The molecule has 9 heteroatoms. The number of aryl methyl sites for hydroxylation is 2. The molecule has 160 valence electrons. The van der Waals surface area contributed by atoms with Crippen molar-refractivity contribution >= 4 is 21.6 Å². The van der Waals surface area contributed by atoms with Crippen LogP contribution in [0.25, 0.3) is 0 Å². The zero-order valence-electron chi connectivity index (χ0n) is 17.5. The highest BCUT2D eigenvalue weighted by Gasteiger charge is 2.40. The highest BCUT2D eigenvalue weighted by molar-refractivity contribution is 7.89. The summed E-state index contributed by atoms with van der Waals surface area (Å²) in [6.07, 6.45) is 1.81. The summed E-state index contributed by atoms with van der Waals surface area (Å²) in [5.41, 5.74) is 1.72. The van der Waals surface area contributed by atoms with Crippen molar-refractivity contribution in [3.63, 3.8) is 0 Å². The van der Waals surface area contributed by atoms with Gasteiger partial charge in [0.15, 0.2) is 0 Å². The van der Waals surface area contributed by atoms with E-state index in [1.54, 1.807) is 50.2 Å². The normalized spacial score (nSPS) is 17.4. The third-order valence-corrected chi connectivity index (χ3v) is 8.26. The Balaban J connectivity index is 1.81. The van der Waals surface area contributed by atoms with Gasteiger partial charge < -0.3 is 9.47 Å². The van der Waals surface area contributed by atoms with Gasteiger partial charge in [0.25, 0.3) is 0 Å². The summed E-state index contributed by atoms with van der Waals surface area (Å²) in [4.78, 5) is 0.310. The lowest BCUT2D eigenvalue weighted by atomic mass is 9.85. The van der Waals surface area contributed by atoms with Crippen LogP contribution in [0.15, 0.2) is 23.1 Å². The van der Waals surface area contributed by atoms with E-state index in [1.807, 2.05) is 12.1 Å². The Bertz CT molecular complexity index is 995. The first-order valence-corrected chi connectivity index (χ1v) is 11.3. The van der Waals surface area contributed by atoms with Crippen LogP contribution >= 0.6 is 11.6 Å². The molecule has 0 unspecified atom stereocenters. The maximum absolute atomic E-state index is 13.2. The number of methoxy groups -OCH3 is 2. The molecule has 7 nitrogen and oxygen atoms in total. The van der Waals surface area contributed by atoms with E-state index in [4.69, 9.17) is 21.1 Å². The van der Waals surface area contributed by atoms with Crippen molar-refractivity contribution in [2.75, 3.05) is 27.3 Å². The minimum absolute atomic E-state index is 0.310. The topological polar surface area (TPSA) is 73.7 Å². The summed E-state index contributed by atoms with van der Waals surface area (Å²) in [5, 5.41) is 4.87. The molecule has 0 saturated carbocycles. The molecule has 0 spiro atoms. The lowest BCUT2D eigenvalue weighted by Gasteiger charge is -2.40. The molecule has 0 aliphatic carbocycles. The van der Waals surface area contributed by atoms with Crippen molar-refractivity contribution in [1.29, 1.82) is 0 Å². The molecule has 0 bridgehead atoms. The van der Waals surface area contributed by atoms with Gasteiger partial charge in [-0.15, -0.1) is 0 Å². The molecule has 2 heterocycles. The van der Waals surface area contributed by atoms with Crippen LogP contribution in [0.2, 0.25) is 5.02 Å². The van der Waals surface area contributed by atoms with E-state index < -0.39 is 15.6 Å². The second kappa shape index (κ2) is 8.26. The van der Waals surface area contributed by atoms with Crippen LogP contribution in [0.5, 0.6) is 5.75 Å². The quantitative estimate of drug-likeness (QED) is 0.688. The number of aromatic nitrogens is 2. The van der Waals surface area contributed by atoms with E-state index in [0.29, 0.717) is 59.4 Å². The molecule has 0 amide bonds. The number of nitrogens with zero attached hydrogens (tertiary/aromatic N) is 3. The van der Waals surface area contributed by atoms with E-state index in [1.165, 1.54) is 0 Å². The fraction of sp³-hybridized carbons (Fsp3) is 0.550. The minimum atomic E-state index is -3.60. The van der Waals surface area contributed by atoms with Crippen molar-refractivity contribution in [3.8, 4) is 5.75 Å². The third kappa shape index (κ3) is 4.17. The zero-order chi connectivity index (χ0) is 21.4. The van der Waals surface area contributed by atoms with E-state index in [2.05, 4.69) is 5.10 Å². The largest absolute Gasteiger partial charge is 0.496 e. The lowest BCUT2D eigenvalue weighted by molar-refractivity contribution is -0.0451. The van der Waals surface area contributed by atoms with Gasteiger partial charge in [-0.25, -0.2) is 8.42 Å². The number of halogens is 1. The molecule has 0 N–H and O–H groups in total. The summed E-state index contributed by atoms with van der Waals surface area (Å²) >= 11 is 6.07. The first-order chi connectivity index (χ1) is 13.6. The third-order valence-electron chi connectivity index (χ3n) is 5.87. The number of rotatable bonds is 6. The molecule has 0 atom stereocenters. The molecule has 0 radical (unpaired) electrons. The van der Waals surface area contributed by atoms with E-state index in [9.17, 15) is 8.42 Å². The molecular formula is C20H28ClN3O4S. The Kier molecular flexibility index (Phi) is 6.29. The Labute approximate surface area is 177 Å². The standard InChI is InChI=1S/C20H28ClN3O4S/c1-14-19(15(2)23(3)22-14)29(25,26)24-10-8-20(28-5,9-11-24)13-16-6-7-17(21)12-18(16)27-4/h6-7,12H,8-11,13H2,1-5H3. The summed E-state index contributed by atoms with van der Waals surface area (Å²) in [6, 6.07) is 5.55. The van der Waals surface area contributed by atoms with Gasteiger partial charge in [0.05, 0.1) is 24.1 Å². The van der Waals surface area contributed by atoms with Gasteiger partial charge in [-0.05, 0) is 44.4 Å². The Morgan fingerprint density at radius 2 is 1.86 bits per heavy atom. The smallest absolute Gasteiger partial charge is 0.246 e. The van der Waals surface area contributed by atoms with Crippen LogP contribution in [0.1, 0.15) is 29.8 Å². The fourth-order valence-electron chi connectivity index (χ4n) is 4.06. The summed E-state index contributed by atoms with van der Waals surface area (Å²) < 4.78 is 41.0. The van der Waals surface area contributed by atoms with Crippen molar-refractivity contribution in [3.05, 3.63) is 40.2 Å². The maximum atomic E-state index is 13.2. The SMILES string of the molecule is COc1cc(Cl)ccc1CC1(OC)CCN(S(=O)(=O)c2c(C)nn(C)c2C)CC1. The molecule has 1 fully saturated rings. The highest BCUT2D eigenvalue weighted by Crippen LogP contribution is 2.36. The van der Waals surface area contributed by atoms with Crippen molar-refractivity contribution in [1.82, 2.24) is 14.1 Å². The Hall–Kier alpha value is -1.61. The lowest BCUT2D eigenvalue weighted by Crippen LogP contribution is -2.48. The average molecular weight is 442 g/mol. The average Bonchev–Trinajstić information content (AvgIpc) is 2.95. The molecule has 1 aromatic carbocycles. The number of piperidine rings is 1. The second-order valence-electron chi connectivity index (χ2n) is 7.55. The Morgan fingerprint density at radius 3 is 2.38 bits per heavy atom. The van der Waals surface area contributed by atoms with E-state index in [0.717, 1.165) is 5.56 Å². The predicted octanol–water partition coefficient (Wildman–Crippen LogP) is 3.11. The van der Waals surface area contributed by atoms with Crippen LogP contribution in [-0.2, 0) is 28.2 Å². The molecule has 1 aliphatic rings. The predicted molar refractivity (Wildman–Crippen MR) is 112 cm³/mol. The number of sulfonamides is 1. The van der Waals surface area contributed by atoms with Gasteiger partial charge in [0, 0.05) is 38.7 Å². The zero-order valence-corrected chi connectivity index (χ0v) is 19.1. The molecule has 29 heavy (non-hydrogen) atoms. The van der Waals surface area contributed by atoms with Gasteiger partial charge in [0.2, 0.25) is 10.0 Å². The molecule has 2 aromatic rings. The summed E-state index contributed by atoms with van der Waals surface area (Å²) in [7, 11) is 1.45. The molecule has 1 saturated heterocycles. The first-order valence-electron chi connectivity index (χ1n) is 9.51. The molecule has 1 aromatic heterocycles. The Morgan fingerprint density at radius 1 is 1.21 bits per heavy atom. The highest BCUT2D eigenvalue weighted by atomic mass is 35.5. The molecule has 3 rings (SSSR count). The number of hydrogen-bond acceptors (Lipinski definition) is 5. The molecular weight excluding hydrogens is 414 g/mol. The summed E-state index contributed by atoms with van der Waals surface area (Å²) in [5.74, 6) is 0.714. The van der Waals surface area contributed by atoms with Crippen molar-refractivity contribution in [2.45, 2.75) is 43.6 Å². The molecule has 1 aliphatic heterocycles. The summed E-state index contributed by atoms with van der Waals surface area (Å²) in [6.45, 7) is 4.29. The number of ether oxygens (including phenoxy) is 2. The maximum Gasteiger partial charge on any atom is 0.246 e. The van der Waals surface area contributed by atoms with Crippen molar-refractivity contribution < 1.29 is 17.9 Å². The van der Waals surface area contributed by atoms with Gasteiger partial charge in [-0.3, -0.25) is 4.68 Å². The van der Waals surface area contributed by atoms with Crippen molar-refractivity contribution in [2.24, 2.45) is 7.05 Å². The van der Waals surface area contributed by atoms with Crippen LogP contribution < -0.4 is 4.74 Å². The van der Waals surface area contributed by atoms with Crippen LogP contribution in [0.4, 0.5) is 0 Å². The number of benzene rings is 1. The van der Waals surface area contributed by atoms with E-state index in [-0.39, 0.29) is 0 Å². The van der Waals surface area contributed by atoms with Crippen LogP contribution in [-0.4, -0.2) is 55.4 Å². The monoisotopic (exact) mass is 441 g/mol. The van der Waals surface area contributed by atoms with Gasteiger partial charge >= 0.3 is 0 Å². The van der Waals surface area contributed by atoms with Gasteiger partial charge in [-0.2, -0.15) is 9.40 Å². The van der Waals surface area contributed by atoms with Gasteiger partial charge in [-0.1, -0.05) is 17.7 Å². The fourth-order valence-corrected chi connectivity index (χ4v) is 6.06. The van der Waals surface area contributed by atoms with Crippen LogP contribution in [0.3, 0.4) is 0 Å². The van der Waals surface area contributed by atoms with Crippen LogP contribution in [0, 0.1) is 13.8 Å².